The van der Waals surface area contributed by atoms with Gasteiger partial charge in [-0.1, -0.05) is 65.5 Å². The maximum atomic E-state index is 12.5. The highest BCUT2D eigenvalue weighted by atomic mass is 35.5. The molecule has 0 radical (unpaired) electrons. The molecule has 1 aromatic heterocycles. The molecule has 7 nitrogen and oxygen atoms in total. The lowest BCUT2D eigenvalue weighted by molar-refractivity contribution is 0.0680. The Labute approximate surface area is 221 Å². The third kappa shape index (κ3) is 5.28. The SMILES string of the molecule is COc1ccc(CSc2nc(Sc3ccccc3)n(Cc3cc4c(cc3Cl)OCO4)c2C(=O)O)cc1. The molecule has 1 aliphatic heterocycles. The smallest absolute Gasteiger partial charge is 0.355 e. The number of carbonyl (C=O) groups is 1. The maximum absolute atomic E-state index is 12.5. The summed E-state index contributed by atoms with van der Waals surface area (Å²) in [6.45, 7) is 0.337. The number of methoxy groups -OCH3 is 1. The van der Waals surface area contributed by atoms with Crippen molar-refractivity contribution < 1.29 is 24.1 Å². The van der Waals surface area contributed by atoms with Crippen molar-refractivity contribution in [2.75, 3.05) is 13.9 Å². The van der Waals surface area contributed by atoms with Crippen LogP contribution in [-0.4, -0.2) is 34.5 Å². The minimum absolute atomic E-state index is 0.112. The largest absolute Gasteiger partial charge is 0.497 e. The van der Waals surface area contributed by atoms with E-state index in [0.717, 1.165) is 16.2 Å². The Kier molecular flexibility index (Phi) is 7.31. The molecule has 1 aliphatic rings. The van der Waals surface area contributed by atoms with Gasteiger partial charge in [0.05, 0.1) is 13.7 Å². The van der Waals surface area contributed by atoms with Crippen molar-refractivity contribution in [3.63, 3.8) is 0 Å². The number of imidazole rings is 1. The van der Waals surface area contributed by atoms with Crippen molar-refractivity contribution in [3.05, 3.63) is 88.6 Å². The summed E-state index contributed by atoms with van der Waals surface area (Å²) >= 11 is 9.32. The lowest BCUT2D eigenvalue weighted by Gasteiger charge is -2.12. The van der Waals surface area contributed by atoms with Gasteiger partial charge in [-0.2, -0.15) is 0 Å². The quantitative estimate of drug-likeness (QED) is 0.242. The molecule has 0 saturated heterocycles. The Morgan fingerprint density at radius 3 is 2.53 bits per heavy atom. The summed E-state index contributed by atoms with van der Waals surface area (Å²) in [4.78, 5) is 18.2. The van der Waals surface area contributed by atoms with Crippen molar-refractivity contribution in [3.8, 4) is 17.2 Å². The van der Waals surface area contributed by atoms with Crippen LogP contribution in [0.3, 0.4) is 0 Å². The zero-order chi connectivity index (χ0) is 25.1. The highest BCUT2D eigenvalue weighted by Crippen LogP contribution is 2.39. The Hall–Kier alpha value is -3.27. The average Bonchev–Trinajstić information content (AvgIpc) is 3.47. The highest BCUT2D eigenvalue weighted by Gasteiger charge is 2.26. The van der Waals surface area contributed by atoms with E-state index < -0.39 is 5.97 Å². The molecule has 0 amide bonds. The monoisotopic (exact) mass is 540 g/mol. The molecular weight excluding hydrogens is 520 g/mol. The summed E-state index contributed by atoms with van der Waals surface area (Å²) in [6.07, 6.45) is 0. The van der Waals surface area contributed by atoms with Gasteiger partial charge < -0.3 is 23.9 Å². The standard InChI is InChI=1S/C26H21ClN2O5S2/c1-32-18-9-7-16(8-10-18)14-35-24-23(25(30)31)29(26(28-24)36-19-5-3-2-4-6-19)13-17-11-21-22(12-20(17)27)34-15-33-21/h2-12H,13-15H2,1H3,(H,30,31). The minimum Gasteiger partial charge on any atom is -0.497 e. The first-order valence-corrected chi connectivity index (χ1v) is 13.1. The lowest BCUT2D eigenvalue weighted by atomic mass is 10.2. The molecule has 184 valence electrons. The second-order valence-electron chi connectivity index (χ2n) is 7.79. The molecule has 3 aromatic carbocycles. The van der Waals surface area contributed by atoms with Crippen molar-refractivity contribution in [2.45, 2.75) is 27.4 Å². The molecule has 0 bridgehead atoms. The number of carboxylic acids is 1. The zero-order valence-electron chi connectivity index (χ0n) is 19.1. The van der Waals surface area contributed by atoms with Crippen molar-refractivity contribution in [1.82, 2.24) is 9.55 Å². The average molecular weight is 541 g/mol. The Balaban J connectivity index is 1.51. The number of thioether (sulfide) groups is 1. The van der Waals surface area contributed by atoms with Crippen LogP contribution in [-0.2, 0) is 12.3 Å². The molecule has 5 rings (SSSR count). The minimum atomic E-state index is -1.06. The van der Waals surface area contributed by atoms with E-state index in [1.165, 1.54) is 23.5 Å². The molecule has 0 spiro atoms. The first-order valence-electron chi connectivity index (χ1n) is 10.9. The van der Waals surface area contributed by atoms with E-state index in [4.69, 9.17) is 30.8 Å². The van der Waals surface area contributed by atoms with E-state index in [2.05, 4.69) is 0 Å². The third-order valence-electron chi connectivity index (χ3n) is 5.46. The summed E-state index contributed by atoms with van der Waals surface area (Å²) in [6, 6.07) is 20.9. The van der Waals surface area contributed by atoms with Crippen LogP contribution in [0.15, 0.2) is 81.8 Å². The van der Waals surface area contributed by atoms with Crippen LogP contribution in [0.2, 0.25) is 5.02 Å². The summed E-state index contributed by atoms with van der Waals surface area (Å²) in [5.41, 5.74) is 1.85. The van der Waals surface area contributed by atoms with Crippen LogP contribution in [0, 0.1) is 0 Å². The van der Waals surface area contributed by atoms with Crippen molar-refractivity contribution in [2.24, 2.45) is 0 Å². The van der Waals surface area contributed by atoms with Gasteiger partial charge in [-0.25, -0.2) is 9.78 Å². The molecular formula is C26H21ClN2O5S2. The second kappa shape index (κ2) is 10.8. The van der Waals surface area contributed by atoms with Crippen LogP contribution >= 0.6 is 35.1 Å². The zero-order valence-corrected chi connectivity index (χ0v) is 21.5. The molecule has 0 unspecified atom stereocenters. The van der Waals surface area contributed by atoms with E-state index in [1.54, 1.807) is 23.8 Å². The fourth-order valence-electron chi connectivity index (χ4n) is 3.66. The fraction of sp³-hybridized carbons (Fsp3) is 0.154. The van der Waals surface area contributed by atoms with Crippen LogP contribution < -0.4 is 14.2 Å². The first kappa shape index (κ1) is 24.4. The molecule has 10 heteroatoms. The number of nitrogens with zero attached hydrogens (tertiary/aromatic N) is 2. The molecule has 0 fully saturated rings. The van der Waals surface area contributed by atoms with E-state index >= 15 is 0 Å². The summed E-state index contributed by atoms with van der Waals surface area (Å²) in [7, 11) is 1.62. The molecule has 1 N–H and O–H groups in total. The number of rotatable bonds is 9. The predicted molar refractivity (Wildman–Crippen MR) is 139 cm³/mol. The van der Waals surface area contributed by atoms with E-state index in [-0.39, 0.29) is 19.0 Å². The molecule has 36 heavy (non-hydrogen) atoms. The third-order valence-corrected chi connectivity index (χ3v) is 7.85. The van der Waals surface area contributed by atoms with E-state index in [0.29, 0.717) is 38.0 Å². The number of aromatic carboxylic acids is 1. The van der Waals surface area contributed by atoms with E-state index in [9.17, 15) is 9.90 Å². The molecule has 0 saturated carbocycles. The first-order chi connectivity index (χ1) is 17.5. The van der Waals surface area contributed by atoms with Gasteiger partial charge in [0.2, 0.25) is 6.79 Å². The topological polar surface area (TPSA) is 82.8 Å². The summed E-state index contributed by atoms with van der Waals surface area (Å²) < 4.78 is 17.8. The predicted octanol–water partition coefficient (Wildman–Crippen LogP) is 6.46. The lowest BCUT2D eigenvalue weighted by Crippen LogP contribution is -2.12. The van der Waals surface area contributed by atoms with Gasteiger partial charge in [0, 0.05) is 21.7 Å². The van der Waals surface area contributed by atoms with Crippen LogP contribution in [0.1, 0.15) is 21.6 Å². The van der Waals surface area contributed by atoms with Gasteiger partial charge in [-0.15, -0.1) is 0 Å². The number of hydrogen-bond donors (Lipinski definition) is 1. The molecule has 2 heterocycles. The number of hydrogen-bond acceptors (Lipinski definition) is 7. The number of carboxylic acid groups (broad SMARTS) is 1. The summed E-state index contributed by atoms with van der Waals surface area (Å²) in [5, 5.41) is 11.7. The summed E-state index contributed by atoms with van der Waals surface area (Å²) in [5.74, 6) is 1.42. The number of aromatic nitrogens is 2. The number of ether oxygens (including phenoxy) is 3. The molecule has 0 aliphatic carbocycles. The Bertz CT molecular complexity index is 1390. The van der Waals surface area contributed by atoms with Crippen LogP contribution in [0.5, 0.6) is 17.2 Å². The van der Waals surface area contributed by atoms with Gasteiger partial charge in [-0.05, 0) is 41.5 Å². The molecule has 0 atom stereocenters. The van der Waals surface area contributed by atoms with Gasteiger partial charge in [0.25, 0.3) is 0 Å². The maximum Gasteiger partial charge on any atom is 0.355 e. The highest BCUT2D eigenvalue weighted by molar-refractivity contribution is 7.99. The van der Waals surface area contributed by atoms with Gasteiger partial charge in [0.15, 0.2) is 22.3 Å². The Morgan fingerprint density at radius 2 is 1.83 bits per heavy atom. The van der Waals surface area contributed by atoms with Gasteiger partial charge >= 0.3 is 5.97 Å². The van der Waals surface area contributed by atoms with Crippen molar-refractivity contribution in [1.29, 1.82) is 0 Å². The number of benzene rings is 3. The Morgan fingerprint density at radius 1 is 1.11 bits per heavy atom. The van der Waals surface area contributed by atoms with Crippen LogP contribution in [0.4, 0.5) is 0 Å². The van der Waals surface area contributed by atoms with Crippen molar-refractivity contribution >= 4 is 41.1 Å². The molecule has 4 aromatic rings. The fourth-order valence-corrected chi connectivity index (χ4v) is 5.82. The second-order valence-corrected chi connectivity index (χ2v) is 10.2. The van der Waals surface area contributed by atoms with Crippen LogP contribution in [0.25, 0.3) is 0 Å². The van der Waals surface area contributed by atoms with E-state index in [1.807, 2.05) is 54.6 Å². The van der Waals surface area contributed by atoms with Gasteiger partial charge in [0.1, 0.15) is 10.8 Å². The normalized spacial score (nSPS) is 12.1. The van der Waals surface area contributed by atoms with Gasteiger partial charge in [-0.3, -0.25) is 0 Å². The number of halogens is 1. The number of fused-ring (bicyclic) bond motifs is 1.